The van der Waals surface area contributed by atoms with E-state index < -0.39 is 0 Å². The SMILES string of the molecule is Cc1ccc(I)c2nc(N)nc(N)c12. The van der Waals surface area contributed by atoms with Crippen molar-refractivity contribution in [1.82, 2.24) is 9.97 Å². The Bertz CT molecular complexity index is 510. The van der Waals surface area contributed by atoms with Crippen molar-refractivity contribution in [2.45, 2.75) is 6.92 Å². The van der Waals surface area contributed by atoms with Crippen molar-refractivity contribution in [3.8, 4) is 0 Å². The number of nitrogen functional groups attached to an aromatic ring is 2. The Morgan fingerprint density at radius 1 is 1.21 bits per heavy atom. The van der Waals surface area contributed by atoms with Crippen LogP contribution in [0, 0.1) is 10.5 Å². The summed E-state index contributed by atoms with van der Waals surface area (Å²) in [5, 5.41) is 0.895. The molecule has 0 amide bonds. The summed E-state index contributed by atoms with van der Waals surface area (Å²) in [5.74, 6) is 0.669. The van der Waals surface area contributed by atoms with E-state index in [-0.39, 0.29) is 5.95 Å². The van der Waals surface area contributed by atoms with E-state index in [1.165, 1.54) is 0 Å². The van der Waals surface area contributed by atoms with Crippen molar-refractivity contribution in [3.63, 3.8) is 0 Å². The minimum absolute atomic E-state index is 0.221. The van der Waals surface area contributed by atoms with Crippen LogP contribution in [0.5, 0.6) is 0 Å². The van der Waals surface area contributed by atoms with Gasteiger partial charge in [-0.3, -0.25) is 0 Å². The lowest BCUT2D eigenvalue weighted by atomic mass is 10.1. The van der Waals surface area contributed by atoms with Gasteiger partial charge in [0.1, 0.15) is 5.82 Å². The van der Waals surface area contributed by atoms with Crippen molar-refractivity contribution in [2.75, 3.05) is 11.5 Å². The number of hydrogen-bond acceptors (Lipinski definition) is 4. The summed E-state index contributed by atoms with van der Waals surface area (Å²) in [4.78, 5) is 8.12. The predicted octanol–water partition coefficient (Wildman–Crippen LogP) is 1.71. The Morgan fingerprint density at radius 3 is 2.64 bits per heavy atom. The molecule has 0 aliphatic carbocycles. The van der Waals surface area contributed by atoms with Crippen LogP contribution in [-0.4, -0.2) is 9.97 Å². The lowest BCUT2D eigenvalue weighted by Gasteiger charge is -2.06. The number of aromatic nitrogens is 2. The van der Waals surface area contributed by atoms with E-state index in [0.29, 0.717) is 5.82 Å². The smallest absolute Gasteiger partial charge is 0.222 e. The van der Waals surface area contributed by atoms with E-state index >= 15 is 0 Å². The number of fused-ring (bicyclic) bond motifs is 1. The van der Waals surface area contributed by atoms with Gasteiger partial charge < -0.3 is 11.5 Å². The third-order valence-electron chi connectivity index (χ3n) is 2.05. The number of anilines is 2. The third-order valence-corrected chi connectivity index (χ3v) is 2.93. The van der Waals surface area contributed by atoms with Gasteiger partial charge in [-0.2, -0.15) is 4.98 Å². The molecule has 5 heteroatoms. The van der Waals surface area contributed by atoms with E-state index in [0.717, 1.165) is 20.0 Å². The largest absolute Gasteiger partial charge is 0.383 e. The van der Waals surface area contributed by atoms with Gasteiger partial charge in [0.25, 0.3) is 0 Å². The normalized spacial score (nSPS) is 10.7. The van der Waals surface area contributed by atoms with Crippen molar-refractivity contribution in [1.29, 1.82) is 0 Å². The minimum atomic E-state index is 0.221. The van der Waals surface area contributed by atoms with Crippen LogP contribution in [0.25, 0.3) is 10.9 Å². The number of aryl methyl sites for hydroxylation is 1. The molecule has 0 aliphatic heterocycles. The molecule has 1 aromatic heterocycles. The van der Waals surface area contributed by atoms with Crippen LogP contribution in [0.2, 0.25) is 0 Å². The van der Waals surface area contributed by atoms with Crippen molar-refractivity contribution < 1.29 is 0 Å². The maximum Gasteiger partial charge on any atom is 0.222 e. The molecule has 0 aliphatic rings. The van der Waals surface area contributed by atoms with Crippen molar-refractivity contribution >= 4 is 45.3 Å². The first-order chi connectivity index (χ1) is 6.59. The molecule has 72 valence electrons. The zero-order valence-electron chi connectivity index (χ0n) is 7.58. The number of halogens is 1. The first-order valence-corrected chi connectivity index (χ1v) is 5.15. The maximum atomic E-state index is 5.79. The van der Waals surface area contributed by atoms with E-state index in [2.05, 4.69) is 32.6 Å². The molecule has 0 radical (unpaired) electrons. The average Bonchev–Trinajstić information content (AvgIpc) is 2.10. The first-order valence-electron chi connectivity index (χ1n) is 4.07. The van der Waals surface area contributed by atoms with Crippen LogP contribution < -0.4 is 11.5 Å². The number of nitrogens with two attached hydrogens (primary N) is 2. The Balaban J connectivity index is 3.00. The summed E-state index contributed by atoms with van der Waals surface area (Å²) in [6.07, 6.45) is 0. The van der Waals surface area contributed by atoms with Gasteiger partial charge in [0.15, 0.2) is 0 Å². The standard InChI is InChI=1S/C9H9IN4/c1-4-2-3-5(10)7-6(4)8(11)14-9(12)13-7/h2-3H,1H3,(H4,11,12,13,14). The molecule has 0 spiro atoms. The van der Waals surface area contributed by atoms with Crippen LogP contribution in [0.4, 0.5) is 11.8 Å². The first kappa shape index (κ1) is 9.45. The topological polar surface area (TPSA) is 77.8 Å². The second-order valence-corrected chi connectivity index (χ2v) is 4.22. The summed E-state index contributed by atoms with van der Waals surface area (Å²) >= 11 is 2.21. The number of rotatable bonds is 0. The lowest BCUT2D eigenvalue weighted by Crippen LogP contribution is -2.02. The zero-order valence-corrected chi connectivity index (χ0v) is 9.74. The van der Waals surface area contributed by atoms with Crippen LogP contribution >= 0.6 is 22.6 Å². The lowest BCUT2D eigenvalue weighted by molar-refractivity contribution is 1.23. The number of nitrogens with zero attached hydrogens (tertiary/aromatic N) is 2. The van der Waals surface area contributed by atoms with Gasteiger partial charge in [0, 0.05) is 8.96 Å². The van der Waals surface area contributed by atoms with Crippen LogP contribution in [0.1, 0.15) is 5.56 Å². The van der Waals surface area contributed by atoms with E-state index in [1.54, 1.807) is 0 Å². The van der Waals surface area contributed by atoms with Gasteiger partial charge >= 0.3 is 0 Å². The molecule has 2 rings (SSSR count). The minimum Gasteiger partial charge on any atom is -0.383 e. The zero-order chi connectivity index (χ0) is 10.3. The van der Waals surface area contributed by atoms with Gasteiger partial charge in [0.2, 0.25) is 5.95 Å². The molecule has 0 atom stereocenters. The molecule has 0 saturated carbocycles. The van der Waals surface area contributed by atoms with Gasteiger partial charge in [-0.15, -0.1) is 0 Å². The molecule has 1 aromatic carbocycles. The average molecular weight is 300 g/mol. The van der Waals surface area contributed by atoms with Crippen LogP contribution in [-0.2, 0) is 0 Å². The quantitative estimate of drug-likeness (QED) is 0.726. The Hall–Kier alpha value is -1.11. The van der Waals surface area contributed by atoms with Crippen molar-refractivity contribution in [3.05, 3.63) is 21.3 Å². The molecule has 0 fully saturated rings. The van der Waals surface area contributed by atoms with E-state index in [1.807, 2.05) is 19.1 Å². The molecule has 0 saturated heterocycles. The molecular weight excluding hydrogens is 291 g/mol. The van der Waals surface area contributed by atoms with E-state index in [9.17, 15) is 0 Å². The van der Waals surface area contributed by atoms with E-state index in [4.69, 9.17) is 11.5 Å². The molecule has 0 bridgehead atoms. The third kappa shape index (κ3) is 1.37. The van der Waals surface area contributed by atoms with Gasteiger partial charge in [0.05, 0.1) is 5.52 Å². The highest BCUT2D eigenvalue weighted by molar-refractivity contribution is 14.1. The van der Waals surface area contributed by atoms with Crippen LogP contribution in [0.3, 0.4) is 0 Å². The summed E-state index contributed by atoms with van der Waals surface area (Å²) in [5.41, 5.74) is 13.2. The number of benzene rings is 1. The summed E-state index contributed by atoms with van der Waals surface area (Å²) < 4.78 is 1.03. The molecule has 2 aromatic rings. The fourth-order valence-corrected chi connectivity index (χ4v) is 1.99. The second-order valence-electron chi connectivity index (χ2n) is 3.05. The summed E-state index contributed by atoms with van der Waals surface area (Å²) in [6, 6.07) is 3.99. The maximum absolute atomic E-state index is 5.79. The fraction of sp³-hybridized carbons (Fsp3) is 0.111. The second kappa shape index (κ2) is 3.23. The number of hydrogen-bond donors (Lipinski definition) is 2. The molecule has 14 heavy (non-hydrogen) atoms. The molecular formula is C9H9IN4. The highest BCUT2D eigenvalue weighted by atomic mass is 127. The Labute approximate surface area is 94.9 Å². The summed E-state index contributed by atoms with van der Waals surface area (Å²) in [6.45, 7) is 1.98. The van der Waals surface area contributed by atoms with Gasteiger partial charge in [-0.25, -0.2) is 4.98 Å². The molecule has 0 unspecified atom stereocenters. The van der Waals surface area contributed by atoms with Crippen molar-refractivity contribution in [2.24, 2.45) is 0 Å². The highest BCUT2D eigenvalue weighted by Crippen LogP contribution is 2.26. The predicted molar refractivity (Wildman–Crippen MR) is 65.8 cm³/mol. The fourth-order valence-electron chi connectivity index (χ4n) is 1.42. The van der Waals surface area contributed by atoms with Gasteiger partial charge in [-0.1, -0.05) is 6.07 Å². The molecule has 4 N–H and O–H groups in total. The monoisotopic (exact) mass is 300 g/mol. The Kier molecular flexibility index (Phi) is 2.18. The van der Waals surface area contributed by atoms with Gasteiger partial charge in [-0.05, 0) is 41.1 Å². The molecule has 4 nitrogen and oxygen atoms in total. The highest BCUT2D eigenvalue weighted by Gasteiger charge is 2.08. The summed E-state index contributed by atoms with van der Waals surface area (Å²) in [7, 11) is 0. The van der Waals surface area contributed by atoms with Crippen LogP contribution in [0.15, 0.2) is 12.1 Å². The Morgan fingerprint density at radius 2 is 1.93 bits per heavy atom. The molecule has 1 heterocycles.